The van der Waals surface area contributed by atoms with Crippen LogP contribution < -0.4 is 9.47 Å². The molecule has 0 bridgehead atoms. The first-order valence-electron chi connectivity index (χ1n) is 6.49. The minimum absolute atomic E-state index is 0.534. The molecule has 1 aliphatic heterocycles. The Balaban J connectivity index is 1.95. The van der Waals surface area contributed by atoms with Gasteiger partial charge in [0, 0.05) is 5.02 Å². The van der Waals surface area contributed by atoms with E-state index in [9.17, 15) is 5.11 Å². The highest BCUT2D eigenvalue weighted by molar-refractivity contribution is 6.30. The molecule has 3 rings (SSSR count). The lowest BCUT2D eigenvalue weighted by Gasteiger charge is -2.21. The highest BCUT2D eigenvalue weighted by Crippen LogP contribution is 2.35. The van der Waals surface area contributed by atoms with Crippen molar-refractivity contribution >= 4 is 11.6 Å². The van der Waals surface area contributed by atoms with Gasteiger partial charge in [-0.1, -0.05) is 23.7 Å². The topological polar surface area (TPSA) is 38.7 Å². The molecule has 104 valence electrons. The molecule has 0 amide bonds. The summed E-state index contributed by atoms with van der Waals surface area (Å²) in [5, 5.41) is 11.2. The number of fused-ring (bicyclic) bond motifs is 1. The first-order valence-corrected chi connectivity index (χ1v) is 6.86. The molecule has 1 aliphatic rings. The van der Waals surface area contributed by atoms with Crippen molar-refractivity contribution < 1.29 is 14.6 Å². The lowest BCUT2D eigenvalue weighted by Crippen LogP contribution is -2.15. The summed E-state index contributed by atoms with van der Waals surface area (Å²) in [7, 11) is 0. The number of aryl methyl sites for hydroxylation is 1. The zero-order valence-electron chi connectivity index (χ0n) is 11.1. The molecule has 4 heteroatoms. The van der Waals surface area contributed by atoms with Crippen LogP contribution in [0.3, 0.4) is 0 Å². The van der Waals surface area contributed by atoms with Crippen LogP contribution in [0.1, 0.15) is 22.8 Å². The van der Waals surface area contributed by atoms with Crippen LogP contribution in [0.5, 0.6) is 11.5 Å². The minimum Gasteiger partial charge on any atom is -0.486 e. The largest absolute Gasteiger partial charge is 0.486 e. The third-order valence-electron chi connectivity index (χ3n) is 3.41. The number of benzene rings is 2. The van der Waals surface area contributed by atoms with Crippen LogP contribution in [0, 0.1) is 6.92 Å². The molecule has 1 unspecified atom stereocenters. The summed E-state index contributed by atoms with van der Waals surface area (Å²) >= 11 is 5.94. The van der Waals surface area contributed by atoms with E-state index in [2.05, 4.69) is 0 Å². The van der Waals surface area contributed by atoms with Gasteiger partial charge in [-0.25, -0.2) is 0 Å². The van der Waals surface area contributed by atoms with Gasteiger partial charge >= 0.3 is 0 Å². The van der Waals surface area contributed by atoms with E-state index >= 15 is 0 Å². The summed E-state index contributed by atoms with van der Waals surface area (Å²) in [6, 6.07) is 11.0. The maximum atomic E-state index is 10.5. The molecule has 0 aromatic heterocycles. The van der Waals surface area contributed by atoms with E-state index < -0.39 is 6.10 Å². The Kier molecular flexibility index (Phi) is 3.55. The van der Waals surface area contributed by atoms with E-state index in [0.29, 0.717) is 24.0 Å². The Hall–Kier alpha value is -1.71. The van der Waals surface area contributed by atoms with Crippen molar-refractivity contribution in [3.8, 4) is 11.5 Å². The molecular weight excluding hydrogens is 276 g/mol. The highest BCUT2D eigenvalue weighted by Gasteiger charge is 2.17. The van der Waals surface area contributed by atoms with Crippen molar-refractivity contribution in [3.05, 3.63) is 58.1 Å². The summed E-state index contributed by atoms with van der Waals surface area (Å²) < 4.78 is 11.0. The maximum absolute atomic E-state index is 10.5. The Morgan fingerprint density at radius 1 is 1.05 bits per heavy atom. The maximum Gasteiger partial charge on any atom is 0.161 e. The average Bonchev–Trinajstić information content (AvgIpc) is 2.46. The van der Waals surface area contributed by atoms with Crippen LogP contribution in [-0.2, 0) is 0 Å². The molecule has 2 aromatic rings. The fraction of sp³-hybridized carbons (Fsp3) is 0.250. The van der Waals surface area contributed by atoms with Crippen LogP contribution in [0.15, 0.2) is 36.4 Å². The van der Waals surface area contributed by atoms with Gasteiger partial charge in [0.1, 0.15) is 19.3 Å². The fourth-order valence-electron chi connectivity index (χ4n) is 2.36. The number of hydrogen-bond donors (Lipinski definition) is 1. The van der Waals surface area contributed by atoms with Crippen LogP contribution in [-0.4, -0.2) is 18.3 Å². The van der Waals surface area contributed by atoms with Crippen molar-refractivity contribution in [2.24, 2.45) is 0 Å². The van der Waals surface area contributed by atoms with Crippen LogP contribution in [0.2, 0.25) is 5.02 Å². The lowest BCUT2D eigenvalue weighted by molar-refractivity contribution is 0.169. The van der Waals surface area contributed by atoms with Gasteiger partial charge in [-0.3, -0.25) is 0 Å². The Labute approximate surface area is 122 Å². The monoisotopic (exact) mass is 290 g/mol. The van der Waals surface area contributed by atoms with Gasteiger partial charge in [-0.2, -0.15) is 0 Å². The quantitative estimate of drug-likeness (QED) is 0.920. The smallest absolute Gasteiger partial charge is 0.161 e. The van der Waals surface area contributed by atoms with E-state index in [-0.39, 0.29) is 0 Å². The number of aliphatic hydroxyl groups excluding tert-OH is 1. The van der Waals surface area contributed by atoms with Gasteiger partial charge in [0.2, 0.25) is 0 Å². The van der Waals surface area contributed by atoms with Crippen molar-refractivity contribution in [1.82, 2.24) is 0 Å². The van der Waals surface area contributed by atoms with E-state index in [0.717, 1.165) is 22.4 Å². The SMILES string of the molecule is Cc1cc(Cl)ccc1C(O)c1ccc2c(c1)OCCO2. The van der Waals surface area contributed by atoms with Crippen LogP contribution in [0.4, 0.5) is 0 Å². The fourth-order valence-corrected chi connectivity index (χ4v) is 2.58. The van der Waals surface area contributed by atoms with E-state index in [1.165, 1.54) is 0 Å². The average molecular weight is 291 g/mol. The second-order valence-corrected chi connectivity index (χ2v) is 5.24. The van der Waals surface area contributed by atoms with Gasteiger partial charge in [0.15, 0.2) is 11.5 Å². The zero-order valence-corrected chi connectivity index (χ0v) is 11.9. The van der Waals surface area contributed by atoms with Crippen molar-refractivity contribution in [2.75, 3.05) is 13.2 Å². The lowest BCUT2D eigenvalue weighted by atomic mass is 9.97. The Bertz CT molecular complexity index is 640. The predicted octanol–water partition coefficient (Wildman–Crippen LogP) is 3.50. The van der Waals surface area contributed by atoms with Crippen molar-refractivity contribution in [2.45, 2.75) is 13.0 Å². The third-order valence-corrected chi connectivity index (χ3v) is 3.64. The van der Waals surface area contributed by atoms with Gasteiger partial charge in [0.25, 0.3) is 0 Å². The molecule has 3 nitrogen and oxygen atoms in total. The molecular formula is C16H15ClO3. The molecule has 20 heavy (non-hydrogen) atoms. The molecule has 1 atom stereocenters. The molecule has 2 aromatic carbocycles. The summed E-state index contributed by atoms with van der Waals surface area (Å²) in [6.45, 7) is 3.03. The van der Waals surface area contributed by atoms with Crippen LogP contribution in [0.25, 0.3) is 0 Å². The second kappa shape index (κ2) is 5.35. The van der Waals surface area contributed by atoms with E-state index in [4.69, 9.17) is 21.1 Å². The Morgan fingerprint density at radius 2 is 1.80 bits per heavy atom. The van der Waals surface area contributed by atoms with E-state index in [1.807, 2.05) is 37.3 Å². The second-order valence-electron chi connectivity index (χ2n) is 4.81. The normalized spacial score (nSPS) is 14.9. The first-order chi connectivity index (χ1) is 9.65. The van der Waals surface area contributed by atoms with Gasteiger partial charge in [-0.15, -0.1) is 0 Å². The minimum atomic E-state index is -0.705. The molecule has 1 N–H and O–H groups in total. The third kappa shape index (κ3) is 2.47. The number of ether oxygens (including phenoxy) is 2. The Morgan fingerprint density at radius 3 is 2.55 bits per heavy atom. The number of aliphatic hydroxyl groups is 1. The van der Waals surface area contributed by atoms with Crippen molar-refractivity contribution in [3.63, 3.8) is 0 Å². The molecule has 0 spiro atoms. The molecule has 0 saturated heterocycles. The molecule has 0 fully saturated rings. The van der Waals surface area contributed by atoms with Gasteiger partial charge in [-0.05, 0) is 47.9 Å². The number of rotatable bonds is 2. The summed E-state index contributed by atoms with van der Waals surface area (Å²) in [5.41, 5.74) is 2.57. The molecule has 0 aliphatic carbocycles. The first kappa shape index (κ1) is 13.3. The zero-order chi connectivity index (χ0) is 14.1. The summed E-state index contributed by atoms with van der Waals surface area (Å²) in [5.74, 6) is 1.40. The van der Waals surface area contributed by atoms with Gasteiger partial charge in [0.05, 0.1) is 0 Å². The molecule has 0 radical (unpaired) electrons. The molecule has 0 saturated carbocycles. The van der Waals surface area contributed by atoms with Gasteiger partial charge < -0.3 is 14.6 Å². The van der Waals surface area contributed by atoms with Crippen molar-refractivity contribution in [1.29, 1.82) is 0 Å². The van der Waals surface area contributed by atoms with Crippen LogP contribution >= 0.6 is 11.6 Å². The summed E-state index contributed by atoms with van der Waals surface area (Å²) in [4.78, 5) is 0. The number of hydrogen-bond acceptors (Lipinski definition) is 3. The highest BCUT2D eigenvalue weighted by atomic mass is 35.5. The molecule has 1 heterocycles. The van der Waals surface area contributed by atoms with E-state index in [1.54, 1.807) is 6.07 Å². The standard InChI is InChI=1S/C16H15ClO3/c1-10-8-12(17)3-4-13(10)16(18)11-2-5-14-15(9-11)20-7-6-19-14/h2-5,8-9,16,18H,6-7H2,1H3. The number of halogens is 1. The predicted molar refractivity (Wildman–Crippen MR) is 77.7 cm³/mol. The summed E-state index contributed by atoms with van der Waals surface area (Å²) in [6.07, 6.45) is -0.705.